The molecule has 1 amide bonds. The van der Waals surface area contributed by atoms with Gasteiger partial charge in [0, 0.05) is 16.5 Å². The Balaban J connectivity index is 1.90. The summed E-state index contributed by atoms with van der Waals surface area (Å²) in [4.78, 5) is 13.2. The number of amides is 1. The molecule has 1 aliphatic carbocycles. The normalized spacial score (nSPS) is 23.7. The van der Waals surface area contributed by atoms with Gasteiger partial charge in [0.1, 0.15) is 0 Å². The Bertz CT molecular complexity index is 397. The van der Waals surface area contributed by atoms with Crippen molar-refractivity contribution in [2.75, 3.05) is 11.6 Å². The van der Waals surface area contributed by atoms with Gasteiger partial charge in [-0.1, -0.05) is 0 Å². The number of anilines is 1. The first-order valence-electron chi connectivity index (χ1n) is 6.32. The van der Waals surface area contributed by atoms with Crippen molar-refractivity contribution in [3.05, 3.63) is 24.3 Å². The maximum Gasteiger partial charge on any atom is 0.227 e. The molecule has 1 aromatic rings. The van der Waals surface area contributed by atoms with Crippen molar-refractivity contribution < 1.29 is 9.90 Å². The SMILES string of the molecule is CSc1ccc(NC(=O)C2CCC(O)CC2)cc1. The van der Waals surface area contributed by atoms with Crippen molar-refractivity contribution in [1.29, 1.82) is 0 Å². The average molecular weight is 265 g/mol. The number of rotatable bonds is 3. The first-order valence-corrected chi connectivity index (χ1v) is 7.54. The van der Waals surface area contributed by atoms with Gasteiger partial charge in [-0.2, -0.15) is 0 Å². The van der Waals surface area contributed by atoms with Crippen LogP contribution >= 0.6 is 11.8 Å². The fourth-order valence-electron chi connectivity index (χ4n) is 2.26. The highest BCUT2D eigenvalue weighted by Gasteiger charge is 2.25. The Morgan fingerprint density at radius 3 is 2.39 bits per heavy atom. The van der Waals surface area contributed by atoms with Gasteiger partial charge in [0.25, 0.3) is 0 Å². The lowest BCUT2D eigenvalue weighted by Crippen LogP contribution is -2.28. The van der Waals surface area contributed by atoms with Crippen LogP contribution in [0.5, 0.6) is 0 Å². The van der Waals surface area contributed by atoms with E-state index in [1.807, 2.05) is 30.5 Å². The Kier molecular flexibility index (Phi) is 4.66. The highest BCUT2D eigenvalue weighted by Crippen LogP contribution is 2.26. The van der Waals surface area contributed by atoms with Crippen LogP contribution in [-0.2, 0) is 4.79 Å². The molecule has 0 unspecified atom stereocenters. The zero-order valence-electron chi connectivity index (χ0n) is 10.6. The van der Waals surface area contributed by atoms with Crippen LogP contribution < -0.4 is 5.32 Å². The molecule has 2 N–H and O–H groups in total. The zero-order chi connectivity index (χ0) is 13.0. The monoisotopic (exact) mass is 265 g/mol. The first-order chi connectivity index (χ1) is 8.69. The number of carbonyl (C=O) groups is 1. The van der Waals surface area contributed by atoms with Crippen LogP contribution in [0.4, 0.5) is 5.69 Å². The van der Waals surface area contributed by atoms with Gasteiger partial charge in [-0.15, -0.1) is 11.8 Å². The smallest absolute Gasteiger partial charge is 0.227 e. The molecule has 0 spiro atoms. The minimum atomic E-state index is -0.213. The molecular weight excluding hydrogens is 246 g/mol. The summed E-state index contributed by atoms with van der Waals surface area (Å²) in [6.45, 7) is 0. The molecule has 0 radical (unpaired) electrons. The van der Waals surface area contributed by atoms with Crippen LogP contribution in [0.1, 0.15) is 25.7 Å². The third kappa shape index (κ3) is 3.50. The van der Waals surface area contributed by atoms with E-state index < -0.39 is 0 Å². The molecule has 0 saturated heterocycles. The lowest BCUT2D eigenvalue weighted by molar-refractivity contribution is -0.121. The molecule has 4 heteroatoms. The Morgan fingerprint density at radius 2 is 1.83 bits per heavy atom. The molecule has 1 saturated carbocycles. The van der Waals surface area contributed by atoms with Crippen LogP contribution in [0.3, 0.4) is 0 Å². The molecule has 0 atom stereocenters. The van der Waals surface area contributed by atoms with Crippen molar-refractivity contribution >= 4 is 23.4 Å². The summed E-state index contributed by atoms with van der Waals surface area (Å²) >= 11 is 1.68. The van der Waals surface area contributed by atoms with Crippen molar-refractivity contribution in [2.45, 2.75) is 36.7 Å². The summed E-state index contributed by atoms with van der Waals surface area (Å²) in [7, 11) is 0. The topological polar surface area (TPSA) is 49.3 Å². The summed E-state index contributed by atoms with van der Waals surface area (Å²) < 4.78 is 0. The number of nitrogens with one attached hydrogen (secondary N) is 1. The van der Waals surface area contributed by atoms with E-state index in [-0.39, 0.29) is 17.9 Å². The predicted octanol–water partition coefficient (Wildman–Crippen LogP) is 2.90. The molecule has 0 aromatic heterocycles. The third-order valence-electron chi connectivity index (χ3n) is 3.43. The average Bonchev–Trinajstić information content (AvgIpc) is 2.40. The second-order valence-corrected chi connectivity index (χ2v) is 5.60. The standard InChI is InChI=1S/C14H19NO2S/c1-18-13-8-4-11(5-9-13)15-14(17)10-2-6-12(16)7-3-10/h4-5,8-10,12,16H,2-3,6-7H2,1H3,(H,15,17). The van der Waals surface area contributed by atoms with E-state index in [1.165, 1.54) is 4.90 Å². The maximum absolute atomic E-state index is 12.0. The van der Waals surface area contributed by atoms with Gasteiger partial charge in [0.05, 0.1) is 6.10 Å². The van der Waals surface area contributed by atoms with Gasteiger partial charge in [0.2, 0.25) is 5.91 Å². The van der Waals surface area contributed by atoms with Gasteiger partial charge in [-0.05, 0) is 56.2 Å². The van der Waals surface area contributed by atoms with E-state index in [1.54, 1.807) is 11.8 Å². The quantitative estimate of drug-likeness (QED) is 0.826. The number of benzene rings is 1. The minimum Gasteiger partial charge on any atom is -0.393 e. The number of aliphatic hydroxyl groups is 1. The van der Waals surface area contributed by atoms with E-state index in [0.717, 1.165) is 31.4 Å². The number of hydrogen-bond donors (Lipinski definition) is 2. The number of thioether (sulfide) groups is 1. The van der Waals surface area contributed by atoms with E-state index in [4.69, 9.17) is 0 Å². The van der Waals surface area contributed by atoms with Gasteiger partial charge in [-0.3, -0.25) is 4.79 Å². The Labute approximate surface area is 112 Å². The van der Waals surface area contributed by atoms with Gasteiger partial charge in [0.15, 0.2) is 0 Å². The molecule has 1 aromatic carbocycles. The fourth-order valence-corrected chi connectivity index (χ4v) is 2.66. The number of carbonyl (C=O) groups excluding carboxylic acids is 1. The number of hydrogen-bond acceptors (Lipinski definition) is 3. The van der Waals surface area contributed by atoms with Crippen molar-refractivity contribution in [1.82, 2.24) is 0 Å². The Morgan fingerprint density at radius 1 is 1.22 bits per heavy atom. The van der Waals surface area contributed by atoms with Crippen LogP contribution in [0.2, 0.25) is 0 Å². The third-order valence-corrected chi connectivity index (χ3v) is 4.17. The molecule has 1 aliphatic rings. The molecule has 1 fully saturated rings. The number of aliphatic hydroxyl groups excluding tert-OH is 1. The molecule has 2 rings (SSSR count). The predicted molar refractivity (Wildman–Crippen MR) is 74.8 cm³/mol. The summed E-state index contributed by atoms with van der Waals surface area (Å²) in [5, 5.41) is 12.4. The van der Waals surface area contributed by atoms with E-state index in [0.29, 0.717) is 0 Å². The molecule has 0 bridgehead atoms. The second-order valence-electron chi connectivity index (χ2n) is 4.72. The van der Waals surface area contributed by atoms with Crippen LogP contribution in [0.25, 0.3) is 0 Å². The molecule has 18 heavy (non-hydrogen) atoms. The van der Waals surface area contributed by atoms with Crippen molar-refractivity contribution in [3.8, 4) is 0 Å². The highest BCUT2D eigenvalue weighted by atomic mass is 32.2. The molecule has 98 valence electrons. The summed E-state index contributed by atoms with van der Waals surface area (Å²) in [6.07, 6.45) is 4.87. The van der Waals surface area contributed by atoms with Gasteiger partial charge < -0.3 is 10.4 Å². The van der Waals surface area contributed by atoms with Gasteiger partial charge in [-0.25, -0.2) is 0 Å². The van der Waals surface area contributed by atoms with E-state index in [9.17, 15) is 9.90 Å². The highest BCUT2D eigenvalue weighted by molar-refractivity contribution is 7.98. The zero-order valence-corrected chi connectivity index (χ0v) is 11.4. The van der Waals surface area contributed by atoms with Crippen LogP contribution in [0.15, 0.2) is 29.2 Å². The Hall–Kier alpha value is -1.00. The van der Waals surface area contributed by atoms with E-state index in [2.05, 4.69) is 5.32 Å². The van der Waals surface area contributed by atoms with Crippen molar-refractivity contribution in [3.63, 3.8) is 0 Å². The summed E-state index contributed by atoms with van der Waals surface area (Å²) in [6, 6.07) is 7.87. The van der Waals surface area contributed by atoms with Crippen molar-refractivity contribution in [2.24, 2.45) is 5.92 Å². The molecule has 0 aliphatic heterocycles. The second kappa shape index (κ2) is 6.25. The van der Waals surface area contributed by atoms with Gasteiger partial charge >= 0.3 is 0 Å². The molecular formula is C14H19NO2S. The summed E-state index contributed by atoms with van der Waals surface area (Å²) in [5.74, 6) is 0.132. The van der Waals surface area contributed by atoms with E-state index >= 15 is 0 Å². The molecule has 3 nitrogen and oxygen atoms in total. The minimum absolute atomic E-state index is 0.0497. The fraction of sp³-hybridized carbons (Fsp3) is 0.500. The summed E-state index contributed by atoms with van der Waals surface area (Å²) in [5.41, 5.74) is 0.851. The van der Waals surface area contributed by atoms with Crippen LogP contribution in [-0.4, -0.2) is 23.4 Å². The maximum atomic E-state index is 12.0. The lowest BCUT2D eigenvalue weighted by atomic mass is 9.87. The largest absolute Gasteiger partial charge is 0.393 e. The first kappa shape index (κ1) is 13.4. The molecule has 0 heterocycles. The lowest BCUT2D eigenvalue weighted by Gasteiger charge is -2.24. The van der Waals surface area contributed by atoms with Crippen LogP contribution in [0, 0.1) is 5.92 Å².